The first-order chi connectivity index (χ1) is 12.8. The molecule has 1 aliphatic rings. The van der Waals surface area contributed by atoms with Crippen LogP contribution in [0.5, 0.6) is 5.75 Å². The predicted octanol–water partition coefficient (Wildman–Crippen LogP) is 3.12. The lowest BCUT2D eigenvalue weighted by molar-refractivity contribution is 0.0689. The van der Waals surface area contributed by atoms with Crippen LogP contribution in [0.25, 0.3) is 0 Å². The van der Waals surface area contributed by atoms with Crippen molar-refractivity contribution in [1.29, 1.82) is 0 Å². The summed E-state index contributed by atoms with van der Waals surface area (Å²) in [5, 5.41) is 3.48. The number of aliphatic imine (C=N–C) groups is 1. The number of guanidine groups is 1. The molecular formula is C20H34IN3O3. The van der Waals surface area contributed by atoms with Crippen molar-refractivity contribution < 1.29 is 14.2 Å². The van der Waals surface area contributed by atoms with Crippen molar-refractivity contribution in [2.45, 2.75) is 25.2 Å². The number of methoxy groups -OCH3 is 2. The first kappa shape index (κ1) is 24.0. The lowest BCUT2D eigenvalue weighted by Gasteiger charge is -2.22. The van der Waals surface area contributed by atoms with Gasteiger partial charge in [0.2, 0.25) is 0 Å². The van der Waals surface area contributed by atoms with Crippen molar-refractivity contribution in [2.24, 2.45) is 4.99 Å². The van der Waals surface area contributed by atoms with Gasteiger partial charge in [0.15, 0.2) is 5.96 Å². The summed E-state index contributed by atoms with van der Waals surface area (Å²) in [5.74, 6) is 2.46. The van der Waals surface area contributed by atoms with Crippen molar-refractivity contribution in [2.75, 3.05) is 60.7 Å². The second-order valence-corrected chi connectivity index (χ2v) is 6.49. The SMILES string of the molecule is CN=C(NCCCCOCCOC)N1CCC(c2ccc(OC)cc2)C1.I. The van der Waals surface area contributed by atoms with E-state index < -0.39 is 0 Å². The van der Waals surface area contributed by atoms with Gasteiger partial charge in [-0.1, -0.05) is 12.1 Å². The topological polar surface area (TPSA) is 55.3 Å². The summed E-state index contributed by atoms with van der Waals surface area (Å²) in [6.07, 6.45) is 3.27. The van der Waals surface area contributed by atoms with E-state index in [2.05, 4.69) is 27.3 Å². The molecule has 1 N–H and O–H groups in total. The van der Waals surface area contributed by atoms with Crippen molar-refractivity contribution in [1.82, 2.24) is 10.2 Å². The van der Waals surface area contributed by atoms with Gasteiger partial charge in [-0.3, -0.25) is 4.99 Å². The zero-order valence-corrected chi connectivity index (χ0v) is 19.1. The molecule has 154 valence electrons. The number of likely N-dealkylation sites (tertiary alicyclic amines) is 1. The van der Waals surface area contributed by atoms with Gasteiger partial charge in [-0.05, 0) is 37.0 Å². The van der Waals surface area contributed by atoms with E-state index >= 15 is 0 Å². The number of rotatable bonds is 10. The number of benzene rings is 1. The van der Waals surface area contributed by atoms with E-state index in [1.807, 2.05) is 19.2 Å². The average Bonchev–Trinajstić information content (AvgIpc) is 3.17. The largest absolute Gasteiger partial charge is 0.497 e. The molecule has 0 bridgehead atoms. The van der Waals surface area contributed by atoms with Crippen LogP contribution in [0.1, 0.15) is 30.7 Å². The fourth-order valence-corrected chi connectivity index (χ4v) is 3.21. The molecule has 1 aliphatic heterocycles. The Hall–Kier alpha value is -1.06. The molecule has 1 aromatic rings. The highest BCUT2D eigenvalue weighted by molar-refractivity contribution is 14.0. The van der Waals surface area contributed by atoms with Crippen LogP contribution < -0.4 is 10.1 Å². The quantitative estimate of drug-likeness (QED) is 0.236. The van der Waals surface area contributed by atoms with E-state index in [1.54, 1.807) is 14.2 Å². The second-order valence-electron chi connectivity index (χ2n) is 6.49. The Morgan fingerprint density at radius 3 is 2.59 bits per heavy atom. The highest BCUT2D eigenvalue weighted by Gasteiger charge is 2.25. The summed E-state index contributed by atoms with van der Waals surface area (Å²) in [7, 11) is 5.25. The van der Waals surface area contributed by atoms with E-state index in [-0.39, 0.29) is 24.0 Å². The maximum atomic E-state index is 5.48. The molecule has 1 atom stereocenters. The number of unbranched alkanes of at least 4 members (excludes halogenated alkanes) is 1. The Balaban J connectivity index is 0.00000364. The molecule has 0 aliphatic carbocycles. The summed E-state index contributed by atoms with van der Waals surface area (Å²) in [5.41, 5.74) is 1.37. The fraction of sp³-hybridized carbons (Fsp3) is 0.650. The molecule has 0 radical (unpaired) electrons. The van der Waals surface area contributed by atoms with Gasteiger partial charge in [0.05, 0.1) is 20.3 Å². The van der Waals surface area contributed by atoms with Gasteiger partial charge in [-0.15, -0.1) is 24.0 Å². The number of halogens is 1. The number of nitrogens with one attached hydrogen (secondary N) is 1. The molecule has 1 unspecified atom stereocenters. The van der Waals surface area contributed by atoms with Crippen LogP contribution in [-0.2, 0) is 9.47 Å². The Kier molecular flexibility index (Phi) is 12.4. The third-order valence-electron chi connectivity index (χ3n) is 4.72. The molecule has 2 rings (SSSR count). The molecular weight excluding hydrogens is 457 g/mol. The van der Waals surface area contributed by atoms with Gasteiger partial charge >= 0.3 is 0 Å². The Morgan fingerprint density at radius 1 is 1.15 bits per heavy atom. The van der Waals surface area contributed by atoms with Gasteiger partial charge < -0.3 is 24.4 Å². The molecule has 0 aromatic heterocycles. The number of hydrogen-bond donors (Lipinski definition) is 1. The molecule has 7 heteroatoms. The van der Waals surface area contributed by atoms with Crippen LogP contribution >= 0.6 is 24.0 Å². The van der Waals surface area contributed by atoms with Crippen molar-refractivity contribution in [3.8, 4) is 5.75 Å². The summed E-state index contributed by atoms with van der Waals surface area (Å²) in [6.45, 7) is 5.08. The molecule has 0 amide bonds. The standard InChI is InChI=1S/C20H33N3O3.HI/c1-21-20(22-11-4-5-13-26-15-14-24-2)23-12-10-18(16-23)17-6-8-19(25-3)9-7-17;/h6-9,18H,4-5,10-16H2,1-3H3,(H,21,22);1H. The Bertz CT molecular complexity index is 540. The summed E-state index contributed by atoms with van der Waals surface area (Å²) in [6, 6.07) is 8.43. The maximum absolute atomic E-state index is 5.48. The number of hydrogen-bond acceptors (Lipinski definition) is 4. The van der Waals surface area contributed by atoms with Gasteiger partial charge in [-0.25, -0.2) is 0 Å². The van der Waals surface area contributed by atoms with Crippen molar-refractivity contribution in [3.63, 3.8) is 0 Å². The van der Waals surface area contributed by atoms with E-state index in [0.717, 1.165) is 57.2 Å². The van der Waals surface area contributed by atoms with Gasteiger partial charge in [0, 0.05) is 46.3 Å². The predicted molar refractivity (Wildman–Crippen MR) is 121 cm³/mol. The van der Waals surface area contributed by atoms with E-state index in [0.29, 0.717) is 19.1 Å². The molecule has 1 fully saturated rings. The van der Waals surface area contributed by atoms with E-state index in [4.69, 9.17) is 14.2 Å². The minimum Gasteiger partial charge on any atom is -0.497 e. The van der Waals surface area contributed by atoms with Crippen LogP contribution in [0.3, 0.4) is 0 Å². The van der Waals surface area contributed by atoms with Crippen molar-refractivity contribution in [3.05, 3.63) is 29.8 Å². The second kappa shape index (κ2) is 14.0. The number of ether oxygens (including phenoxy) is 3. The first-order valence-corrected chi connectivity index (χ1v) is 9.44. The summed E-state index contributed by atoms with van der Waals surface area (Å²) in [4.78, 5) is 6.80. The fourth-order valence-electron chi connectivity index (χ4n) is 3.21. The van der Waals surface area contributed by atoms with Crippen LogP contribution in [-0.4, -0.2) is 71.6 Å². The smallest absolute Gasteiger partial charge is 0.193 e. The van der Waals surface area contributed by atoms with Crippen LogP contribution in [0.15, 0.2) is 29.3 Å². The minimum atomic E-state index is 0. The van der Waals surface area contributed by atoms with Crippen LogP contribution in [0.2, 0.25) is 0 Å². The molecule has 27 heavy (non-hydrogen) atoms. The lowest BCUT2D eigenvalue weighted by atomic mass is 9.98. The number of nitrogens with zero attached hydrogens (tertiary/aromatic N) is 2. The van der Waals surface area contributed by atoms with Gasteiger partial charge in [0.25, 0.3) is 0 Å². The van der Waals surface area contributed by atoms with Gasteiger partial charge in [0.1, 0.15) is 5.75 Å². The Morgan fingerprint density at radius 2 is 1.93 bits per heavy atom. The average molecular weight is 491 g/mol. The highest BCUT2D eigenvalue weighted by Crippen LogP contribution is 2.28. The molecule has 0 saturated carbocycles. The molecule has 1 aromatic carbocycles. The maximum Gasteiger partial charge on any atom is 0.193 e. The molecule has 0 spiro atoms. The molecule has 6 nitrogen and oxygen atoms in total. The third-order valence-corrected chi connectivity index (χ3v) is 4.72. The Labute approximate surface area is 180 Å². The van der Waals surface area contributed by atoms with Crippen LogP contribution in [0.4, 0.5) is 0 Å². The summed E-state index contributed by atoms with van der Waals surface area (Å²) >= 11 is 0. The normalized spacial score (nSPS) is 16.9. The van der Waals surface area contributed by atoms with E-state index in [1.165, 1.54) is 5.56 Å². The van der Waals surface area contributed by atoms with Crippen LogP contribution in [0, 0.1) is 0 Å². The zero-order valence-electron chi connectivity index (χ0n) is 16.8. The zero-order chi connectivity index (χ0) is 18.6. The van der Waals surface area contributed by atoms with Crippen molar-refractivity contribution >= 4 is 29.9 Å². The molecule has 1 saturated heterocycles. The molecule has 1 heterocycles. The lowest BCUT2D eigenvalue weighted by Crippen LogP contribution is -2.40. The van der Waals surface area contributed by atoms with E-state index in [9.17, 15) is 0 Å². The first-order valence-electron chi connectivity index (χ1n) is 9.44. The monoisotopic (exact) mass is 491 g/mol. The third kappa shape index (κ3) is 8.23. The highest BCUT2D eigenvalue weighted by atomic mass is 127. The van der Waals surface area contributed by atoms with Gasteiger partial charge in [-0.2, -0.15) is 0 Å². The minimum absolute atomic E-state index is 0. The summed E-state index contributed by atoms with van der Waals surface area (Å²) < 4.78 is 15.7.